The van der Waals surface area contributed by atoms with Crippen LogP contribution in [0.3, 0.4) is 0 Å². The first-order valence-corrected chi connectivity index (χ1v) is 7.16. The van der Waals surface area contributed by atoms with Crippen LogP contribution in [0.2, 0.25) is 0 Å². The third-order valence-electron chi connectivity index (χ3n) is 3.24. The van der Waals surface area contributed by atoms with Gasteiger partial charge in [0.25, 0.3) is 0 Å². The predicted molar refractivity (Wildman–Crippen MR) is 79.7 cm³/mol. The summed E-state index contributed by atoms with van der Waals surface area (Å²) in [6.07, 6.45) is 0. The molecule has 0 atom stereocenters. The van der Waals surface area contributed by atoms with E-state index in [1.165, 1.54) is 5.56 Å². The Hall–Kier alpha value is -1.06. The molecule has 3 nitrogen and oxygen atoms in total. The number of hydrogen-bond donors (Lipinski definition) is 0. The van der Waals surface area contributed by atoms with Gasteiger partial charge in [-0.05, 0) is 39.3 Å². The normalized spacial score (nSPS) is 12.3. The van der Waals surface area contributed by atoms with Crippen molar-refractivity contribution in [1.29, 1.82) is 0 Å². The molecule has 1 heterocycles. The van der Waals surface area contributed by atoms with Gasteiger partial charge in [0.05, 0.1) is 29.1 Å². The van der Waals surface area contributed by atoms with Gasteiger partial charge in [-0.25, -0.2) is 4.98 Å². The van der Waals surface area contributed by atoms with Crippen molar-refractivity contribution in [3.8, 4) is 0 Å². The molecular formula is C15H21ClN2O. The van der Waals surface area contributed by atoms with Gasteiger partial charge in [-0.2, -0.15) is 0 Å². The van der Waals surface area contributed by atoms with E-state index >= 15 is 0 Å². The number of rotatable bonds is 5. The van der Waals surface area contributed by atoms with E-state index in [1.54, 1.807) is 0 Å². The maximum Gasteiger partial charge on any atom is 0.124 e. The summed E-state index contributed by atoms with van der Waals surface area (Å²) in [4.78, 5) is 4.61. The van der Waals surface area contributed by atoms with E-state index in [0.29, 0.717) is 12.5 Å². The number of aryl methyl sites for hydroxylation is 1. The van der Waals surface area contributed by atoms with Crippen molar-refractivity contribution in [3.05, 3.63) is 29.6 Å². The van der Waals surface area contributed by atoms with Gasteiger partial charge in [0, 0.05) is 6.61 Å². The monoisotopic (exact) mass is 280 g/mol. The van der Waals surface area contributed by atoms with Crippen LogP contribution in [0.4, 0.5) is 0 Å². The van der Waals surface area contributed by atoms with Crippen LogP contribution in [-0.4, -0.2) is 21.8 Å². The van der Waals surface area contributed by atoms with Crippen LogP contribution in [0.1, 0.15) is 32.2 Å². The van der Waals surface area contributed by atoms with E-state index in [0.717, 1.165) is 23.4 Å². The topological polar surface area (TPSA) is 27.1 Å². The molecule has 2 aromatic rings. The largest absolute Gasteiger partial charge is 0.374 e. The van der Waals surface area contributed by atoms with Crippen molar-refractivity contribution < 1.29 is 4.74 Å². The van der Waals surface area contributed by atoms with Gasteiger partial charge >= 0.3 is 0 Å². The number of ether oxygens (including phenoxy) is 1. The summed E-state index contributed by atoms with van der Waals surface area (Å²) in [5.41, 5.74) is 3.15. The second-order valence-electron chi connectivity index (χ2n) is 5.38. The maximum atomic E-state index is 6.04. The van der Waals surface area contributed by atoms with E-state index in [1.807, 2.05) is 19.1 Å². The van der Waals surface area contributed by atoms with Crippen LogP contribution in [0.25, 0.3) is 11.0 Å². The second kappa shape index (κ2) is 5.51. The number of halogens is 1. The average Bonchev–Trinajstić information content (AvgIpc) is 2.68. The number of nitrogens with zero attached hydrogens (tertiary/aromatic N) is 2. The molecule has 0 saturated carbocycles. The zero-order chi connectivity index (χ0) is 14.0. The minimum Gasteiger partial charge on any atom is -0.374 e. The highest BCUT2D eigenvalue weighted by atomic mass is 35.5. The fraction of sp³-hybridized carbons (Fsp3) is 0.533. The van der Waals surface area contributed by atoms with Crippen molar-refractivity contribution >= 4 is 22.6 Å². The summed E-state index contributed by atoms with van der Waals surface area (Å²) in [5, 5.41) is 0. The molecule has 0 fully saturated rings. The highest BCUT2D eigenvalue weighted by Gasteiger charge is 2.22. The van der Waals surface area contributed by atoms with E-state index in [2.05, 4.69) is 36.4 Å². The van der Waals surface area contributed by atoms with Crippen molar-refractivity contribution in [2.45, 2.75) is 45.7 Å². The first-order chi connectivity index (χ1) is 8.98. The average molecular weight is 281 g/mol. The lowest BCUT2D eigenvalue weighted by Gasteiger charge is -2.26. The smallest absolute Gasteiger partial charge is 0.124 e. The molecule has 0 amide bonds. The minimum atomic E-state index is -0.231. The third kappa shape index (κ3) is 2.93. The van der Waals surface area contributed by atoms with E-state index < -0.39 is 0 Å². The first-order valence-electron chi connectivity index (χ1n) is 6.63. The first kappa shape index (κ1) is 14.4. The van der Waals surface area contributed by atoms with Crippen LogP contribution < -0.4 is 0 Å². The fourth-order valence-electron chi connectivity index (χ4n) is 2.50. The summed E-state index contributed by atoms with van der Waals surface area (Å²) in [7, 11) is 0. The van der Waals surface area contributed by atoms with E-state index in [-0.39, 0.29) is 5.60 Å². The lowest BCUT2D eigenvalue weighted by atomic mass is 10.1. The van der Waals surface area contributed by atoms with Gasteiger partial charge in [-0.15, -0.1) is 11.6 Å². The lowest BCUT2D eigenvalue weighted by molar-refractivity contribution is -0.0220. The molecule has 104 valence electrons. The molecule has 1 aromatic heterocycles. The van der Waals surface area contributed by atoms with Crippen molar-refractivity contribution in [3.63, 3.8) is 0 Å². The Morgan fingerprint density at radius 3 is 2.74 bits per heavy atom. The Bertz CT molecular complexity index is 575. The minimum absolute atomic E-state index is 0.231. The Labute approximate surface area is 119 Å². The molecule has 0 aliphatic rings. The van der Waals surface area contributed by atoms with Gasteiger partial charge in [-0.3, -0.25) is 0 Å². The summed E-state index contributed by atoms with van der Waals surface area (Å²) >= 11 is 6.04. The molecule has 4 heteroatoms. The number of fused-ring (bicyclic) bond motifs is 1. The van der Waals surface area contributed by atoms with Gasteiger partial charge in [-0.1, -0.05) is 12.1 Å². The molecule has 0 radical (unpaired) electrons. The van der Waals surface area contributed by atoms with Crippen LogP contribution in [0.5, 0.6) is 0 Å². The van der Waals surface area contributed by atoms with Crippen LogP contribution >= 0.6 is 11.6 Å². The molecule has 0 N–H and O–H groups in total. The standard InChI is InChI=1S/C15H21ClN2O/c1-5-19-15(3,4)10-18-13(9-16)17-12-8-6-7-11(2)14(12)18/h6-8H,5,9-10H2,1-4H3. The summed E-state index contributed by atoms with van der Waals surface area (Å²) in [6, 6.07) is 6.16. The molecule has 2 rings (SSSR count). The Kier molecular flexibility index (Phi) is 4.16. The Balaban J connectivity index is 2.51. The molecular weight excluding hydrogens is 260 g/mol. The number of imidazole rings is 1. The zero-order valence-corrected chi connectivity index (χ0v) is 12.8. The van der Waals surface area contributed by atoms with Gasteiger partial charge in [0.2, 0.25) is 0 Å². The maximum absolute atomic E-state index is 6.04. The summed E-state index contributed by atoms with van der Waals surface area (Å²) in [5.74, 6) is 1.31. The van der Waals surface area contributed by atoms with Crippen LogP contribution in [0.15, 0.2) is 18.2 Å². The Morgan fingerprint density at radius 1 is 1.37 bits per heavy atom. The molecule has 0 unspecified atom stereocenters. The highest BCUT2D eigenvalue weighted by molar-refractivity contribution is 6.16. The SMILES string of the molecule is CCOC(C)(C)Cn1c(CCl)nc2cccc(C)c21. The quantitative estimate of drug-likeness (QED) is 0.777. The lowest BCUT2D eigenvalue weighted by Crippen LogP contribution is -2.31. The van der Waals surface area contributed by atoms with Crippen molar-refractivity contribution in [1.82, 2.24) is 9.55 Å². The van der Waals surface area contributed by atoms with Gasteiger partial charge in [0.1, 0.15) is 5.82 Å². The van der Waals surface area contributed by atoms with E-state index in [4.69, 9.17) is 16.3 Å². The Morgan fingerprint density at radius 2 is 2.11 bits per heavy atom. The second-order valence-corrected chi connectivity index (χ2v) is 5.65. The van der Waals surface area contributed by atoms with Gasteiger partial charge < -0.3 is 9.30 Å². The predicted octanol–water partition coefficient (Wildman–Crippen LogP) is 3.90. The van der Waals surface area contributed by atoms with Crippen molar-refractivity contribution in [2.24, 2.45) is 0 Å². The highest BCUT2D eigenvalue weighted by Crippen LogP contribution is 2.24. The number of benzene rings is 1. The summed E-state index contributed by atoms with van der Waals surface area (Å²) in [6.45, 7) is 9.77. The van der Waals surface area contributed by atoms with E-state index in [9.17, 15) is 0 Å². The molecule has 1 aromatic carbocycles. The molecule has 0 aliphatic heterocycles. The summed E-state index contributed by atoms with van der Waals surface area (Å²) < 4.78 is 7.99. The van der Waals surface area contributed by atoms with Crippen LogP contribution in [0, 0.1) is 6.92 Å². The number of para-hydroxylation sites is 1. The molecule has 0 aliphatic carbocycles. The molecule has 19 heavy (non-hydrogen) atoms. The number of aromatic nitrogens is 2. The molecule has 0 spiro atoms. The fourth-order valence-corrected chi connectivity index (χ4v) is 2.71. The van der Waals surface area contributed by atoms with Gasteiger partial charge in [0.15, 0.2) is 0 Å². The number of alkyl halides is 1. The molecule has 0 saturated heterocycles. The number of hydrogen-bond acceptors (Lipinski definition) is 2. The van der Waals surface area contributed by atoms with Crippen LogP contribution in [-0.2, 0) is 17.2 Å². The third-order valence-corrected chi connectivity index (χ3v) is 3.48. The molecule has 0 bridgehead atoms. The zero-order valence-electron chi connectivity index (χ0n) is 12.0. The van der Waals surface area contributed by atoms with Crippen molar-refractivity contribution in [2.75, 3.05) is 6.61 Å².